The van der Waals surface area contributed by atoms with Gasteiger partial charge in [-0.05, 0) is 49.9 Å². The highest BCUT2D eigenvalue weighted by Gasteiger charge is 2.19. The van der Waals surface area contributed by atoms with Crippen molar-refractivity contribution in [3.8, 4) is 23.0 Å². The Hall–Kier alpha value is -2.93. The smallest absolute Gasteiger partial charge is 0.234 e. The molecule has 6 nitrogen and oxygen atoms in total. The molecular formula is C24H26N2O4S. The van der Waals surface area contributed by atoms with Crippen LogP contribution in [0.25, 0.3) is 11.5 Å². The average molecular weight is 439 g/mol. The van der Waals surface area contributed by atoms with Gasteiger partial charge in [0.2, 0.25) is 11.8 Å². The maximum absolute atomic E-state index is 12.4. The van der Waals surface area contributed by atoms with E-state index in [1.54, 1.807) is 13.4 Å². The van der Waals surface area contributed by atoms with Crippen molar-refractivity contribution in [1.82, 2.24) is 4.98 Å². The largest absolute Gasteiger partial charge is 0.493 e. The summed E-state index contributed by atoms with van der Waals surface area (Å²) in [6.07, 6.45) is 6.37. The third-order valence-electron chi connectivity index (χ3n) is 5.10. The minimum atomic E-state index is -0.0752. The van der Waals surface area contributed by atoms with Crippen LogP contribution in [0.1, 0.15) is 31.4 Å². The number of rotatable bonds is 9. The summed E-state index contributed by atoms with van der Waals surface area (Å²) >= 11 is 1.49. The summed E-state index contributed by atoms with van der Waals surface area (Å²) in [6, 6.07) is 15.2. The maximum Gasteiger partial charge on any atom is 0.234 e. The van der Waals surface area contributed by atoms with E-state index >= 15 is 0 Å². The first-order valence-corrected chi connectivity index (χ1v) is 11.6. The van der Waals surface area contributed by atoms with Crippen molar-refractivity contribution in [1.29, 1.82) is 0 Å². The number of carbonyl (C=O) groups excluding carboxylic acids is 1. The number of nitrogens with one attached hydrogen (secondary N) is 1. The van der Waals surface area contributed by atoms with E-state index in [-0.39, 0.29) is 12.0 Å². The highest BCUT2D eigenvalue weighted by Crippen LogP contribution is 2.34. The monoisotopic (exact) mass is 438 g/mol. The second-order valence-electron chi connectivity index (χ2n) is 7.44. The molecule has 0 aliphatic heterocycles. The fourth-order valence-electron chi connectivity index (χ4n) is 3.56. The van der Waals surface area contributed by atoms with Crippen LogP contribution in [0, 0.1) is 0 Å². The number of ether oxygens (including phenoxy) is 2. The SMILES string of the molecule is COc1ccc(NC(=O)CSCc2coc(-c3ccccc3)n2)cc1OC1CCCC1. The molecule has 0 bridgehead atoms. The van der Waals surface area contributed by atoms with Crippen molar-refractivity contribution >= 4 is 23.4 Å². The summed E-state index contributed by atoms with van der Waals surface area (Å²) in [7, 11) is 1.62. The zero-order valence-corrected chi connectivity index (χ0v) is 18.3. The van der Waals surface area contributed by atoms with Crippen LogP contribution in [0.2, 0.25) is 0 Å². The molecule has 1 aliphatic rings. The van der Waals surface area contributed by atoms with Gasteiger partial charge in [-0.15, -0.1) is 11.8 Å². The lowest BCUT2D eigenvalue weighted by molar-refractivity contribution is -0.113. The highest BCUT2D eigenvalue weighted by molar-refractivity contribution is 7.99. The van der Waals surface area contributed by atoms with Gasteiger partial charge in [-0.3, -0.25) is 4.79 Å². The van der Waals surface area contributed by atoms with Crippen LogP contribution < -0.4 is 14.8 Å². The Morgan fingerprint density at radius 1 is 1.16 bits per heavy atom. The molecule has 0 radical (unpaired) electrons. The van der Waals surface area contributed by atoms with E-state index in [1.165, 1.54) is 24.6 Å². The molecule has 1 N–H and O–H groups in total. The lowest BCUT2D eigenvalue weighted by atomic mass is 10.2. The van der Waals surface area contributed by atoms with Crippen molar-refractivity contribution in [3.63, 3.8) is 0 Å². The Morgan fingerprint density at radius 3 is 2.74 bits per heavy atom. The molecular weight excluding hydrogens is 412 g/mol. The first kappa shape index (κ1) is 21.3. The normalized spacial score (nSPS) is 13.8. The summed E-state index contributed by atoms with van der Waals surface area (Å²) in [5.41, 5.74) is 2.45. The highest BCUT2D eigenvalue weighted by atomic mass is 32.2. The number of thioether (sulfide) groups is 1. The van der Waals surface area contributed by atoms with Crippen LogP contribution in [0.4, 0.5) is 5.69 Å². The number of benzene rings is 2. The van der Waals surface area contributed by atoms with Gasteiger partial charge in [0.05, 0.1) is 24.7 Å². The van der Waals surface area contributed by atoms with Gasteiger partial charge in [0.1, 0.15) is 6.26 Å². The molecule has 31 heavy (non-hydrogen) atoms. The van der Waals surface area contributed by atoms with E-state index in [2.05, 4.69) is 10.3 Å². The number of amides is 1. The van der Waals surface area contributed by atoms with Gasteiger partial charge in [0.25, 0.3) is 0 Å². The lowest BCUT2D eigenvalue weighted by Gasteiger charge is -2.17. The molecule has 4 rings (SSSR count). The summed E-state index contributed by atoms with van der Waals surface area (Å²) in [4.78, 5) is 16.9. The first-order chi connectivity index (χ1) is 15.2. The van der Waals surface area contributed by atoms with Crippen LogP contribution in [0.15, 0.2) is 59.2 Å². The number of hydrogen-bond acceptors (Lipinski definition) is 6. The van der Waals surface area contributed by atoms with E-state index in [9.17, 15) is 4.79 Å². The van der Waals surface area contributed by atoms with E-state index in [1.807, 2.05) is 48.5 Å². The van der Waals surface area contributed by atoms with Gasteiger partial charge in [0, 0.05) is 23.1 Å². The van der Waals surface area contributed by atoms with E-state index in [0.717, 1.165) is 24.1 Å². The molecule has 2 aromatic carbocycles. The summed E-state index contributed by atoms with van der Waals surface area (Å²) in [5.74, 6) is 2.79. The van der Waals surface area contributed by atoms with Crippen LogP contribution in [0.5, 0.6) is 11.5 Å². The van der Waals surface area contributed by atoms with Crippen molar-refractivity contribution in [2.75, 3.05) is 18.2 Å². The topological polar surface area (TPSA) is 73.6 Å². The van der Waals surface area contributed by atoms with Crippen LogP contribution >= 0.6 is 11.8 Å². The molecule has 1 fully saturated rings. The molecule has 0 unspecified atom stereocenters. The lowest BCUT2D eigenvalue weighted by Crippen LogP contribution is -2.15. The van der Waals surface area contributed by atoms with Crippen molar-refractivity contribution in [3.05, 3.63) is 60.5 Å². The molecule has 1 heterocycles. The summed E-state index contributed by atoms with van der Waals surface area (Å²) in [6.45, 7) is 0. The molecule has 0 spiro atoms. The van der Waals surface area contributed by atoms with Crippen molar-refractivity contribution in [2.24, 2.45) is 0 Å². The van der Waals surface area contributed by atoms with E-state index < -0.39 is 0 Å². The number of oxazole rings is 1. The number of methoxy groups -OCH3 is 1. The Balaban J connectivity index is 1.28. The number of carbonyl (C=O) groups is 1. The second-order valence-corrected chi connectivity index (χ2v) is 8.43. The third kappa shape index (κ3) is 5.82. The zero-order chi connectivity index (χ0) is 21.5. The van der Waals surface area contributed by atoms with Crippen molar-refractivity contribution < 1.29 is 18.7 Å². The Bertz CT molecular complexity index is 1000. The first-order valence-electron chi connectivity index (χ1n) is 10.4. The fraction of sp³-hybridized carbons (Fsp3) is 0.333. The number of nitrogens with zero attached hydrogens (tertiary/aromatic N) is 1. The summed E-state index contributed by atoms with van der Waals surface area (Å²) in [5, 5.41) is 2.94. The van der Waals surface area contributed by atoms with Crippen LogP contribution in [-0.4, -0.2) is 29.9 Å². The predicted octanol–water partition coefficient (Wildman–Crippen LogP) is 5.54. The molecule has 1 aliphatic carbocycles. The predicted molar refractivity (Wildman–Crippen MR) is 123 cm³/mol. The number of aromatic nitrogens is 1. The molecule has 162 valence electrons. The maximum atomic E-state index is 12.4. The Labute approximate surface area is 186 Å². The average Bonchev–Trinajstić information content (AvgIpc) is 3.47. The van der Waals surface area contributed by atoms with Crippen LogP contribution in [-0.2, 0) is 10.5 Å². The molecule has 3 aromatic rings. The van der Waals surface area contributed by atoms with E-state index in [4.69, 9.17) is 13.9 Å². The molecule has 1 aromatic heterocycles. The minimum Gasteiger partial charge on any atom is -0.493 e. The quantitative estimate of drug-likeness (QED) is 0.473. The molecule has 1 saturated carbocycles. The summed E-state index contributed by atoms with van der Waals surface area (Å²) < 4.78 is 17.0. The number of anilines is 1. The van der Waals surface area contributed by atoms with Gasteiger partial charge in [0.15, 0.2) is 11.5 Å². The Kier molecular flexibility index (Phi) is 7.14. The van der Waals surface area contributed by atoms with Gasteiger partial charge < -0.3 is 19.2 Å². The molecule has 1 amide bonds. The van der Waals surface area contributed by atoms with Gasteiger partial charge in [-0.25, -0.2) is 4.98 Å². The van der Waals surface area contributed by atoms with Gasteiger partial charge >= 0.3 is 0 Å². The van der Waals surface area contributed by atoms with Crippen molar-refractivity contribution in [2.45, 2.75) is 37.5 Å². The minimum absolute atomic E-state index is 0.0752. The van der Waals surface area contributed by atoms with Gasteiger partial charge in [-0.2, -0.15) is 0 Å². The van der Waals surface area contributed by atoms with Crippen LogP contribution in [0.3, 0.4) is 0 Å². The molecule has 0 saturated heterocycles. The fourth-order valence-corrected chi connectivity index (χ4v) is 4.27. The molecule has 0 atom stereocenters. The Morgan fingerprint density at radius 2 is 1.97 bits per heavy atom. The second kappa shape index (κ2) is 10.4. The van der Waals surface area contributed by atoms with Gasteiger partial charge in [-0.1, -0.05) is 18.2 Å². The molecule has 7 heteroatoms. The zero-order valence-electron chi connectivity index (χ0n) is 17.5. The standard InChI is InChI=1S/C24H26N2O4S/c1-28-21-12-11-18(13-22(21)30-20-9-5-6-10-20)25-23(27)16-31-15-19-14-29-24(26-19)17-7-3-2-4-8-17/h2-4,7-8,11-14,20H,5-6,9-10,15-16H2,1H3,(H,25,27). The number of hydrogen-bond donors (Lipinski definition) is 1. The third-order valence-corrected chi connectivity index (χ3v) is 6.07. The van der Waals surface area contributed by atoms with E-state index in [0.29, 0.717) is 34.6 Å².